The van der Waals surface area contributed by atoms with Crippen molar-refractivity contribution < 1.29 is 28.6 Å². The van der Waals surface area contributed by atoms with Crippen molar-refractivity contribution in [1.82, 2.24) is 5.48 Å². The predicted molar refractivity (Wildman–Crippen MR) is 106 cm³/mol. The first kappa shape index (κ1) is 20.5. The summed E-state index contributed by atoms with van der Waals surface area (Å²) in [6.45, 7) is 0.488. The third-order valence-corrected chi connectivity index (χ3v) is 4.71. The molecule has 2 amide bonds. The highest BCUT2D eigenvalue weighted by molar-refractivity contribution is 6.00. The van der Waals surface area contributed by atoms with Crippen LogP contribution in [0.3, 0.4) is 0 Å². The van der Waals surface area contributed by atoms with Crippen LogP contribution in [0.1, 0.15) is 12.0 Å². The fraction of sp³-hybridized carbons (Fsp3) is 0.333. The molecular formula is C21H24N2O6. The van der Waals surface area contributed by atoms with E-state index < -0.39 is 5.92 Å². The molecule has 1 heterocycles. The van der Waals surface area contributed by atoms with Gasteiger partial charge in [0.2, 0.25) is 17.6 Å². The predicted octanol–water partition coefficient (Wildman–Crippen LogP) is 2.31. The number of carbonyl (C=O) groups excluding carboxylic acids is 2. The van der Waals surface area contributed by atoms with E-state index in [9.17, 15) is 9.59 Å². The Hall–Kier alpha value is -3.26. The molecule has 8 heteroatoms. The highest BCUT2D eigenvalue weighted by Gasteiger charge is 2.36. The van der Waals surface area contributed by atoms with Crippen molar-refractivity contribution >= 4 is 17.5 Å². The number of methoxy groups -OCH3 is 3. The van der Waals surface area contributed by atoms with Crippen LogP contribution in [-0.4, -0.2) is 39.7 Å². The Morgan fingerprint density at radius 3 is 2.31 bits per heavy atom. The number of nitrogens with zero attached hydrogens (tertiary/aromatic N) is 1. The molecule has 0 aromatic heterocycles. The van der Waals surface area contributed by atoms with Crippen LogP contribution >= 0.6 is 0 Å². The Bertz CT molecular complexity index is 846. The lowest BCUT2D eigenvalue weighted by atomic mass is 10.1. The second kappa shape index (κ2) is 9.29. The molecule has 1 saturated heterocycles. The molecule has 1 aliphatic heterocycles. The summed E-state index contributed by atoms with van der Waals surface area (Å²) in [5.74, 6) is 0.306. The maximum Gasteiger partial charge on any atom is 0.248 e. The van der Waals surface area contributed by atoms with E-state index in [0.29, 0.717) is 22.9 Å². The number of hydroxylamine groups is 1. The highest BCUT2D eigenvalue weighted by Crippen LogP contribution is 2.42. The molecule has 0 bridgehead atoms. The molecule has 1 unspecified atom stereocenters. The normalized spacial score (nSPS) is 15.9. The van der Waals surface area contributed by atoms with E-state index in [1.807, 2.05) is 30.3 Å². The van der Waals surface area contributed by atoms with Crippen LogP contribution in [0.5, 0.6) is 17.2 Å². The average Bonchev–Trinajstić information content (AvgIpc) is 3.15. The van der Waals surface area contributed by atoms with E-state index in [2.05, 4.69) is 5.48 Å². The van der Waals surface area contributed by atoms with Crippen LogP contribution in [0.2, 0.25) is 0 Å². The first-order valence-electron chi connectivity index (χ1n) is 9.13. The fourth-order valence-electron chi connectivity index (χ4n) is 3.20. The fourth-order valence-corrected chi connectivity index (χ4v) is 3.20. The number of rotatable bonds is 8. The number of anilines is 1. The van der Waals surface area contributed by atoms with Gasteiger partial charge in [-0.25, -0.2) is 5.48 Å². The summed E-state index contributed by atoms with van der Waals surface area (Å²) in [7, 11) is 4.53. The van der Waals surface area contributed by atoms with Crippen molar-refractivity contribution in [3.8, 4) is 17.2 Å². The lowest BCUT2D eigenvalue weighted by Crippen LogP contribution is -2.33. The number of ether oxygens (including phenoxy) is 3. The molecule has 154 valence electrons. The zero-order valence-corrected chi connectivity index (χ0v) is 16.6. The van der Waals surface area contributed by atoms with Crippen LogP contribution in [-0.2, 0) is 21.0 Å². The summed E-state index contributed by atoms with van der Waals surface area (Å²) in [5.41, 5.74) is 3.96. The van der Waals surface area contributed by atoms with Crippen molar-refractivity contribution in [2.24, 2.45) is 5.92 Å². The van der Waals surface area contributed by atoms with Crippen LogP contribution in [0.25, 0.3) is 0 Å². The average molecular weight is 400 g/mol. The minimum Gasteiger partial charge on any atom is -0.493 e. The smallest absolute Gasteiger partial charge is 0.248 e. The molecule has 1 fully saturated rings. The Morgan fingerprint density at radius 2 is 1.72 bits per heavy atom. The van der Waals surface area contributed by atoms with E-state index in [4.69, 9.17) is 19.0 Å². The molecule has 1 aliphatic rings. The molecule has 1 N–H and O–H groups in total. The maximum atomic E-state index is 12.5. The van der Waals surface area contributed by atoms with Gasteiger partial charge in [-0.1, -0.05) is 30.3 Å². The van der Waals surface area contributed by atoms with Gasteiger partial charge in [0.1, 0.15) is 0 Å². The van der Waals surface area contributed by atoms with E-state index in [0.717, 1.165) is 5.56 Å². The minimum absolute atomic E-state index is 0.0944. The topological polar surface area (TPSA) is 86.3 Å². The molecule has 29 heavy (non-hydrogen) atoms. The van der Waals surface area contributed by atoms with E-state index >= 15 is 0 Å². The maximum absolute atomic E-state index is 12.5. The van der Waals surface area contributed by atoms with E-state index in [-0.39, 0.29) is 31.4 Å². The first-order chi connectivity index (χ1) is 14.1. The van der Waals surface area contributed by atoms with Gasteiger partial charge in [-0.2, -0.15) is 0 Å². The van der Waals surface area contributed by atoms with Gasteiger partial charge < -0.3 is 19.1 Å². The zero-order valence-electron chi connectivity index (χ0n) is 16.6. The van der Waals surface area contributed by atoms with Gasteiger partial charge in [0.05, 0.1) is 39.5 Å². The van der Waals surface area contributed by atoms with Crippen molar-refractivity contribution in [2.45, 2.75) is 13.0 Å². The number of hydrogen-bond donors (Lipinski definition) is 1. The van der Waals surface area contributed by atoms with Crippen molar-refractivity contribution in [2.75, 3.05) is 32.8 Å². The molecule has 8 nitrogen and oxygen atoms in total. The van der Waals surface area contributed by atoms with Gasteiger partial charge in [0.25, 0.3) is 0 Å². The molecule has 2 aromatic carbocycles. The second-order valence-electron chi connectivity index (χ2n) is 6.53. The molecule has 2 aromatic rings. The molecular weight excluding hydrogens is 376 g/mol. The van der Waals surface area contributed by atoms with Gasteiger partial charge in [-0.3, -0.25) is 14.4 Å². The lowest BCUT2D eigenvalue weighted by Gasteiger charge is -2.20. The standard InChI is InChI=1S/C21H24N2O6/c1-26-17-10-16(11-18(27-2)20(17)28-3)23-12-15(9-19(23)24)21(25)22-29-13-14-7-5-4-6-8-14/h4-8,10-11,15H,9,12-13H2,1-3H3,(H,22,25). The largest absolute Gasteiger partial charge is 0.493 e. The summed E-state index contributed by atoms with van der Waals surface area (Å²) in [5, 5.41) is 0. The molecule has 0 spiro atoms. The minimum atomic E-state index is -0.516. The monoisotopic (exact) mass is 400 g/mol. The Morgan fingerprint density at radius 1 is 1.07 bits per heavy atom. The molecule has 0 aliphatic carbocycles. The summed E-state index contributed by atoms with van der Waals surface area (Å²) in [6, 6.07) is 12.9. The van der Waals surface area contributed by atoms with Gasteiger partial charge in [-0.05, 0) is 5.56 Å². The van der Waals surface area contributed by atoms with Crippen LogP contribution in [0.15, 0.2) is 42.5 Å². The van der Waals surface area contributed by atoms with E-state index in [1.54, 1.807) is 12.1 Å². The molecule has 0 saturated carbocycles. The summed E-state index contributed by atoms with van der Waals surface area (Å²) in [4.78, 5) is 31.8. The van der Waals surface area contributed by atoms with Crippen LogP contribution in [0, 0.1) is 5.92 Å². The van der Waals surface area contributed by atoms with Crippen LogP contribution < -0.4 is 24.6 Å². The SMILES string of the molecule is COc1cc(N2CC(C(=O)NOCc3ccccc3)CC2=O)cc(OC)c1OC. The quantitative estimate of drug-likeness (QED) is 0.685. The Kier molecular flexibility index (Phi) is 6.56. The van der Waals surface area contributed by atoms with Gasteiger partial charge in [0.15, 0.2) is 11.5 Å². The molecule has 3 rings (SSSR count). The van der Waals surface area contributed by atoms with E-state index in [1.165, 1.54) is 26.2 Å². The Labute approximate surface area is 169 Å². The van der Waals surface area contributed by atoms with Crippen molar-refractivity contribution in [1.29, 1.82) is 0 Å². The number of nitrogens with one attached hydrogen (secondary N) is 1. The van der Waals surface area contributed by atoms with Crippen molar-refractivity contribution in [3.63, 3.8) is 0 Å². The summed E-state index contributed by atoms with van der Waals surface area (Å²) >= 11 is 0. The highest BCUT2D eigenvalue weighted by atomic mass is 16.6. The zero-order chi connectivity index (χ0) is 20.8. The van der Waals surface area contributed by atoms with Crippen molar-refractivity contribution in [3.05, 3.63) is 48.0 Å². The van der Waals surface area contributed by atoms with Crippen LogP contribution in [0.4, 0.5) is 5.69 Å². The number of hydrogen-bond acceptors (Lipinski definition) is 6. The third kappa shape index (κ3) is 4.60. The number of amides is 2. The number of benzene rings is 2. The Balaban J connectivity index is 1.66. The number of carbonyl (C=O) groups is 2. The molecule has 1 atom stereocenters. The summed E-state index contributed by atoms with van der Waals surface area (Å²) in [6.07, 6.45) is 0.0944. The summed E-state index contributed by atoms with van der Waals surface area (Å²) < 4.78 is 16.0. The van der Waals surface area contributed by atoms with Gasteiger partial charge >= 0.3 is 0 Å². The first-order valence-corrected chi connectivity index (χ1v) is 9.13. The van der Waals surface area contributed by atoms with Gasteiger partial charge in [0, 0.05) is 25.1 Å². The third-order valence-electron chi connectivity index (χ3n) is 4.71. The van der Waals surface area contributed by atoms with Gasteiger partial charge in [-0.15, -0.1) is 0 Å². The lowest BCUT2D eigenvalue weighted by molar-refractivity contribution is -0.138. The second-order valence-corrected chi connectivity index (χ2v) is 6.53. The molecule has 0 radical (unpaired) electrons.